The van der Waals surface area contributed by atoms with E-state index in [9.17, 15) is 4.79 Å². The summed E-state index contributed by atoms with van der Waals surface area (Å²) in [6, 6.07) is 0. The molecule has 0 aromatic heterocycles. The van der Waals surface area contributed by atoms with E-state index in [4.69, 9.17) is 5.11 Å². The first-order valence-electron chi connectivity index (χ1n) is 6.90. The second kappa shape index (κ2) is 6.39. The van der Waals surface area contributed by atoms with E-state index in [1.165, 1.54) is 6.42 Å². The Morgan fingerprint density at radius 1 is 1.35 bits per heavy atom. The first-order chi connectivity index (χ1) is 7.97. The molecular weight excluding hydrogens is 214 g/mol. The van der Waals surface area contributed by atoms with E-state index in [0.29, 0.717) is 18.3 Å². The normalized spacial score (nSPS) is 33.6. The molecule has 17 heavy (non-hydrogen) atoms. The van der Waals surface area contributed by atoms with Gasteiger partial charge in [-0.1, -0.05) is 20.8 Å². The van der Waals surface area contributed by atoms with Crippen LogP contribution < -0.4 is 5.32 Å². The minimum absolute atomic E-state index is 0.0158. The summed E-state index contributed by atoms with van der Waals surface area (Å²) in [5, 5.41) is 12.6. The van der Waals surface area contributed by atoms with Crippen LogP contribution in [0.5, 0.6) is 0 Å². The average Bonchev–Trinajstić information content (AvgIpc) is 2.14. The molecule has 100 valence electrons. The molecule has 3 heteroatoms. The SMILES string of the molecule is CCCNCC1(CC(=O)O)C[C@H](C)C[C@H](C)C1. The monoisotopic (exact) mass is 241 g/mol. The standard InChI is InChI=1S/C14H27NO2/c1-4-5-15-10-14(9-13(16)17)7-11(2)6-12(3)8-14/h11-12,15H,4-10H2,1-3H3,(H,16,17)/t11-,12+,14?. The highest BCUT2D eigenvalue weighted by molar-refractivity contribution is 5.67. The van der Waals surface area contributed by atoms with Crippen molar-refractivity contribution < 1.29 is 9.90 Å². The molecular formula is C14H27NO2. The molecule has 0 bridgehead atoms. The van der Waals surface area contributed by atoms with E-state index >= 15 is 0 Å². The summed E-state index contributed by atoms with van der Waals surface area (Å²) in [4.78, 5) is 11.1. The van der Waals surface area contributed by atoms with Crippen molar-refractivity contribution in [2.24, 2.45) is 17.3 Å². The molecule has 0 saturated heterocycles. The van der Waals surface area contributed by atoms with Crippen molar-refractivity contribution in [2.45, 2.75) is 52.9 Å². The second-order valence-electron chi connectivity index (χ2n) is 6.10. The van der Waals surface area contributed by atoms with E-state index in [2.05, 4.69) is 26.1 Å². The lowest BCUT2D eigenvalue weighted by molar-refractivity contribution is -0.140. The predicted octanol–water partition coefficient (Wildman–Crippen LogP) is 2.90. The van der Waals surface area contributed by atoms with Gasteiger partial charge in [-0.2, -0.15) is 0 Å². The smallest absolute Gasteiger partial charge is 0.303 e. The maximum absolute atomic E-state index is 11.1. The zero-order valence-corrected chi connectivity index (χ0v) is 11.5. The van der Waals surface area contributed by atoms with Gasteiger partial charge in [-0.15, -0.1) is 0 Å². The summed E-state index contributed by atoms with van der Waals surface area (Å²) in [6.07, 6.45) is 4.78. The first-order valence-corrected chi connectivity index (χ1v) is 6.90. The molecule has 1 saturated carbocycles. The quantitative estimate of drug-likeness (QED) is 0.703. The van der Waals surface area contributed by atoms with Gasteiger partial charge in [0.05, 0.1) is 6.42 Å². The maximum Gasteiger partial charge on any atom is 0.303 e. The number of carbonyl (C=O) groups is 1. The lowest BCUT2D eigenvalue weighted by atomic mass is 9.64. The summed E-state index contributed by atoms with van der Waals surface area (Å²) in [5.41, 5.74) is -0.0158. The van der Waals surface area contributed by atoms with Crippen LogP contribution in [0.1, 0.15) is 52.9 Å². The van der Waals surface area contributed by atoms with Crippen LogP contribution in [-0.2, 0) is 4.79 Å². The average molecular weight is 241 g/mol. The number of rotatable bonds is 6. The second-order valence-corrected chi connectivity index (χ2v) is 6.10. The van der Waals surface area contributed by atoms with Crippen molar-refractivity contribution in [3.8, 4) is 0 Å². The van der Waals surface area contributed by atoms with Crippen LogP contribution >= 0.6 is 0 Å². The van der Waals surface area contributed by atoms with E-state index in [0.717, 1.165) is 32.4 Å². The Morgan fingerprint density at radius 2 is 1.94 bits per heavy atom. The van der Waals surface area contributed by atoms with E-state index in [-0.39, 0.29) is 5.41 Å². The van der Waals surface area contributed by atoms with Crippen molar-refractivity contribution in [3.05, 3.63) is 0 Å². The summed E-state index contributed by atoms with van der Waals surface area (Å²) < 4.78 is 0. The van der Waals surface area contributed by atoms with Crippen molar-refractivity contribution in [3.63, 3.8) is 0 Å². The van der Waals surface area contributed by atoms with E-state index in [1.807, 2.05) is 0 Å². The fraction of sp³-hybridized carbons (Fsp3) is 0.929. The molecule has 0 radical (unpaired) electrons. The minimum atomic E-state index is -0.649. The van der Waals surface area contributed by atoms with Gasteiger partial charge in [-0.3, -0.25) is 4.79 Å². The van der Waals surface area contributed by atoms with Gasteiger partial charge < -0.3 is 10.4 Å². The van der Waals surface area contributed by atoms with Crippen LogP contribution in [0.4, 0.5) is 0 Å². The molecule has 3 nitrogen and oxygen atoms in total. The van der Waals surface area contributed by atoms with E-state index in [1.54, 1.807) is 0 Å². The van der Waals surface area contributed by atoms with Crippen molar-refractivity contribution in [1.82, 2.24) is 5.32 Å². The van der Waals surface area contributed by atoms with Gasteiger partial charge in [-0.25, -0.2) is 0 Å². The predicted molar refractivity (Wildman–Crippen MR) is 70.0 cm³/mol. The molecule has 1 aliphatic rings. The third-order valence-electron chi connectivity index (χ3n) is 3.82. The Labute approximate surface area is 105 Å². The molecule has 2 N–H and O–H groups in total. The van der Waals surface area contributed by atoms with Crippen molar-refractivity contribution >= 4 is 5.97 Å². The van der Waals surface area contributed by atoms with Gasteiger partial charge in [0.15, 0.2) is 0 Å². The Hall–Kier alpha value is -0.570. The molecule has 0 spiro atoms. The van der Waals surface area contributed by atoms with Gasteiger partial charge in [-0.05, 0) is 49.5 Å². The molecule has 0 aromatic rings. The van der Waals surface area contributed by atoms with Crippen molar-refractivity contribution in [1.29, 1.82) is 0 Å². The molecule has 0 aromatic carbocycles. The van der Waals surface area contributed by atoms with Gasteiger partial charge in [0.25, 0.3) is 0 Å². The Kier molecular flexibility index (Phi) is 5.44. The van der Waals surface area contributed by atoms with Gasteiger partial charge >= 0.3 is 5.97 Å². The van der Waals surface area contributed by atoms with Crippen LogP contribution in [0, 0.1) is 17.3 Å². The van der Waals surface area contributed by atoms with Gasteiger partial charge in [0, 0.05) is 6.54 Å². The van der Waals surface area contributed by atoms with Crippen LogP contribution in [0.3, 0.4) is 0 Å². The van der Waals surface area contributed by atoms with Crippen LogP contribution in [-0.4, -0.2) is 24.2 Å². The zero-order chi connectivity index (χ0) is 12.9. The summed E-state index contributed by atoms with van der Waals surface area (Å²) in [6.45, 7) is 8.51. The van der Waals surface area contributed by atoms with Crippen LogP contribution in [0.2, 0.25) is 0 Å². The molecule has 1 aliphatic carbocycles. The Bertz CT molecular complexity index is 243. The number of carboxylic acids is 1. The largest absolute Gasteiger partial charge is 0.481 e. The van der Waals surface area contributed by atoms with Crippen molar-refractivity contribution in [2.75, 3.05) is 13.1 Å². The topological polar surface area (TPSA) is 49.3 Å². The highest BCUT2D eigenvalue weighted by atomic mass is 16.4. The fourth-order valence-electron chi connectivity index (χ4n) is 3.62. The molecule has 0 heterocycles. The number of hydrogen-bond donors (Lipinski definition) is 2. The Balaban J connectivity index is 2.66. The lowest BCUT2D eigenvalue weighted by Crippen LogP contribution is -2.42. The highest BCUT2D eigenvalue weighted by Crippen LogP contribution is 2.44. The molecule has 1 fully saturated rings. The van der Waals surface area contributed by atoms with Gasteiger partial charge in [0.2, 0.25) is 0 Å². The van der Waals surface area contributed by atoms with Crippen LogP contribution in [0.25, 0.3) is 0 Å². The summed E-state index contributed by atoms with van der Waals surface area (Å²) >= 11 is 0. The molecule has 1 rings (SSSR count). The molecule has 3 atom stereocenters. The minimum Gasteiger partial charge on any atom is -0.481 e. The van der Waals surface area contributed by atoms with Gasteiger partial charge in [0.1, 0.15) is 0 Å². The summed E-state index contributed by atoms with van der Waals surface area (Å²) in [5.74, 6) is 0.660. The van der Waals surface area contributed by atoms with E-state index < -0.39 is 5.97 Å². The zero-order valence-electron chi connectivity index (χ0n) is 11.5. The van der Waals surface area contributed by atoms with Crippen LogP contribution in [0.15, 0.2) is 0 Å². The fourth-order valence-corrected chi connectivity index (χ4v) is 3.62. The maximum atomic E-state index is 11.1. The molecule has 0 amide bonds. The highest BCUT2D eigenvalue weighted by Gasteiger charge is 2.39. The number of carboxylic acid groups (broad SMARTS) is 1. The first kappa shape index (κ1) is 14.5. The number of nitrogens with one attached hydrogen (secondary N) is 1. The molecule has 0 aliphatic heterocycles. The third kappa shape index (κ3) is 4.66. The number of hydrogen-bond acceptors (Lipinski definition) is 2. The summed E-state index contributed by atoms with van der Waals surface area (Å²) in [7, 11) is 0. The molecule has 1 unspecified atom stereocenters. The third-order valence-corrected chi connectivity index (χ3v) is 3.82. The number of aliphatic carboxylic acids is 1. The Morgan fingerprint density at radius 3 is 2.41 bits per heavy atom. The lowest BCUT2D eigenvalue weighted by Gasteiger charge is -2.42.